The fourth-order valence-electron chi connectivity index (χ4n) is 3.01. The molecule has 0 saturated carbocycles. The minimum absolute atomic E-state index is 0.0198. The number of hydrogen-bond donors (Lipinski definition) is 1. The summed E-state index contributed by atoms with van der Waals surface area (Å²) in [5.41, 5.74) is 0.960. The number of nitrogens with zero attached hydrogens (tertiary/aromatic N) is 5. The molecule has 0 aliphatic heterocycles. The zero-order valence-electron chi connectivity index (χ0n) is 19.9. The number of rotatable bonds is 9. The van der Waals surface area contributed by atoms with E-state index in [1.807, 2.05) is 25.9 Å². The molecule has 0 spiro atoms. The van der Waals surface area contributed by atoms with Crippen molar-refractivity contribution in [3.8, 4) is 5.69 Å². The zero-order chi connectivity index (χ0) is 25.9. The normalized spacial score (nSPS) is 12.8. The van der Waals surface area contributed by atoms with Gasteiger partial charge in [-0.05, 0) is 63.5 Å². The molecule has 2 aromatic carbocycles. The first kappa shape index (κ1) is 27.1. The number of amides is 1. The molecule has 13 heteroatoms. The van der Waals surface area contributed by atoms with Gasteiger partial charge in [0.1, 0.15) is 10.7 Å². The Hall–Kier alpha value is -2.51. The van der Waals surface area contributed by atoms with E-state index in [0.29, 0.717) is 22.4 Å². The van der Waals surface area contributed by atoms with Crippen LogP contribution in [0.2, 0.25) is 5.02 Å². The van der Waals surface area contributed by atoms with E-state index in [4.69, 9.17) is 11.6 Å². The lowest BCUT2D eigenvalue weighted by atomic mass is 10.2. The fraction of sp³-hybridized carbons (Fsp3) is 0.318. The molecule has 188 valence electrons. The number of carbonyl (C=O) groups excluding carboxylic acids is 1. The molecule has 3 aromatic rings. The summed E-state index contributed by atoms with van der Waals surface area (Å²) in [5, 5.41) is 11.8. The molecule has 0 radical (unpaired) electrons. The second-order valence-electron chi connectivity index (χ2n) is 8.06. The quantitative estimate of drug-likeness (QED) is 0.413. The summed E-state index contributed by atoms with van der Waals surface area (Å²) in [6.45, 7) is 1.96. The number of benzene rings is 2. The van der Waals surface area contributed by atoms with Gasteiger partial charge in [0.25, 0.3) is 0 Å². The summed E-state index contributed by atoms with van der Waals surface area (Å²) >= 11 is 7.22. The van der Waals surface area contributed by atoms with Crippen molar-refractivity contribution < 1.29 is 17.6 Å². The lowest BCUT2D eigenvalue weighted by molar-refractivity contribution is -0.113. The molecule has 35 heavy (non-hydrogen) atoms. The van der Waals surface area contributed by atoms with Gasteiger partial charge in [-0.15, -0.1) is 10.2 Å². The van der Waals surface area contributed by atoms with Crippen LogP contribution in [0.1, 0.15) is 18.8 Å². The summed E-state index contributed by atoms with van der Waals surface area (Å²) in [6.07, 6.45) is 0. The fourth-order valence-corrected chi connectivity index (χ4v) is 5.16. The molecule has 0 unspecified atom stereocenters. The zero-order valence-corrected chi connectivity index (χ0v) is 22.2. The summed E-state index contributed by atoms with van der Waals surface area (Å²) in [7, 11) is 2.83. The third-order valence-electron chi connectivity index (χ3n) is 5.20. The van der Waals surface area contributed by atoms with Crippen molar-refractivity contribution in [2.45, 2.75) is 23.0 Å². The van der Waals surface area contributed by atoms with Crippen LogP contribution in [0.3, 0.4) is 0 Å². The highest BCUT2D eigenvalue weighted by atomic mass is 35.5. The Morgan fingerprint density at radius 3 is 2.40 bits per heavy atom. The molecule has 0 bridgehead atoms. The molecule has 3 rings (SSSR count). The molecular weight excluding hydrogens is 515 g/mol. The molecule has 1 atom stereocenters. The van der Waals surface area contributed by atoms with Crippen molar-refractivity contribution in [3.05, 3.63) is 59.1 Å². The molecular formula is C22H26ClFN6O3S2. The first-order chi connectivity index (χ1) is 16.4. The number of nitrogens with one attached hydrogen (secondary N) is 1. The second-order valence-corrected chi connectivity index (χ2v) is 11.5. The van der Waals surface area contributed by atoms with E-state index in [9.17, 15) is 17.6 Å². The predicted octanol–water partition coefficient (Wildman–Crippen LogP) is 3.66. The van der Waals surface area contributed by atoms with E-state index in [1.54, 1.807) is 16.7 Å². The molecule has 0 saturated heterocycles. The highest BCUT2D eigenvalue weighted by molar-refractivity contribution is 7.99. The minimum atomic E-state index is -3.78. The van der Waals surface area contributed by atoms with Crippen molar-refractivity contribution in [2.24, 2.45) is 0 Å². The van der Waals surface area contributed by atoms with Gasteiger partial charge in [-0.25, -0.2) is 17.1 Å². The number of hydrogen-bond acceptors (Lipinski definition) is 7. The summed E-state index contributed by atoms with van der Waals surface area (Å²) < 4.78 is 41.3. The van der Waals surface area contributed by atoms with Crippen molar-refractivity contribution in [1.82, 2.24) is 24.0 Å². The van der Waals surface area contributed by atoms with Crippen LogP contribution in [0.5, 0.6) is 0 Å². The smallest absolute Gasteiger partial charge is 0.244 e. The minimum Gasteiger partial charge on any atom is -0.325 e. The lowest BCUT2D eigenvalue weighted by Crippen LogP contribution is -2.23. The van der Waals surface area contributed by atoms with E-state index < -0.39 is 10.0 Å². The molecule has 0 fully saturated rings. The van der Waals surface area contributed by atoms with E-state index in [0.717, 1.165) is 16.1 Å². The van der Waals surface area contributed by atoms with Gasteiger partial charge in [0.15, 0.2) is 11.0 Å². The monoisotopic (exact) mass is 540 g/mol. The van der Waals surface area contributed by atoms with Crippen molar-refractivity contribution >= 4 is 45.0 Å². The van der Waals surface area contributed by atoms with Gasteiger partial charge in [-0.3, -0.25) is 14.3 Å². The van der Waals surface area contributed by atoms with Crippen LogP contribution in [0, 0.1) is 5.82 Å². The Balaban J connectivity index is 1.81. The number of aromatic nitrogens is 3. The maximum atomic E-state index is 13.5. The Bertz CT molecular complexity index is 1310. The number of carbonyl (C=O) groups is 1. The van der Waals surface area contributed by atoms with Crippen LogP contribution in [-0.2, 0) is 14.8 Å². The van der Waals surface area contributed by atoms with Crippen LogP contribution in [-0.4, -0.2) is 72.2 Å². The largest absolute Gasteiger partial charge is 0.325 e. The van der Waals surface area contributed by atoms with Crippen LogP contribution in [0.4, 0.5) is 10.1 Å². The molecule has 9 nitrogen and oxygen atoms in total. The maximum absolute atomic E-state index is 13.5. The van der Waals surface area contributed by atoms with Crippen LogP contribution in [0.15, 0.2) is 52.5 Å². The molecule has 1 aromatic heterocycles. The van der Waals surface area contributed by atoms with Gasteiger partial charge in [-0.2, -0.15) is 0 Å². The molecule has 1 N–H and O–H groups in total. The highest BCUT2D eigenvalue weighted by Crippen LogP contribution is 2.29. The first-order valence-electron chi connectivity index (χ1n) is 10.4. The Kier molecular flexibility index (Phi) is 8.54. The standard InChI is InChI=1S/C22H26ClFN6O3S2/c1-14(28(2)3)21-26-27-22(30(21)17-9-6-15(24)7-10-17)34-13-20(31)25-16-8-11-18(23)19(12-16)35(32,33)29(4)5/h6-12,14H,13H2,1-5H3,(H,25,31)/t14-/m0/s1. The molecule has 0 aliphatic carbocycles. The third kappa shape index (κ3) is 6.19. The SMILES string of the molecule is C[C@@H](c1nnc(SCC(=O)Nc2ccc(Cl)c(S(=O)(=O)N(C)C)c2)n1-c1ccc(F)cc1)N(C)C. The average molecular weight is 541 g/mol. The third-order valence-corrected chi connectivity index (χ3v) is 8.42. The van der Waals surface area contributed by atoms with Crippen molar-refractivity contribution in [3.63, 3.8) is 0 Å². The topological polar surface area (TPSA) is 100 Å². The van der Waals surface area contributed by atoms with Gasteiger partial charge in [0.2, 0.25) is 15.9 Å². The van der Waals surface area contributed by atoms with Gasteiger partial charge < -0.3 is 5.32 Å². The van der Waals surface area contributed by atoms with E-state index in [1.165, 1.54) is 44.4 Å². The van der Waals surface area contributed by atoms with E-state index in [-0.39, 0.29) is 33.4 Å². The number of halogens is 2. The van der Waals surface area contributed by atoms with Gasteiger partial charge >= 0.3 is 0 Å². The van der Waals surface area contributed by atoms with Crippen LogP contribution in [0.25, 0.3) is 5.69 Å². The first-order valence-corrected chi connectivity index (χ1v) is 13.2. The van der Waals surface area contributed by atoms with E-state index >= 15 is 0 Å². The number of anilines is 1. The maximum Gasteiger partial charge on any atom is 0.244 e. The Morgan fingerprint density at radius 2 is 1.80 bits per heavy atom. The average Bonchev–Trinajstić information content (AvgIpc) is 3.22. The summed E-state index contributed by atoms with van der Waals surface area (Å²) in [5.74, 6) is -0.119. The van der Waals surface area contributed by atoms with Crippen molar-refractivity contribution in [2.75, 3.05) is 39.3 Å². The van der Waals surface area contributed by atoms with Crippen LogP contribution < -0.4 is 5.32 Å². The van der Waals surface area contributed by atoms with Gasteiger partial charge in [-0.1, -0.05) is 23.4 Å². The molecule has 0 aliphatic rings. The van der Waals surface area contributed by atoms with E-state index in [2.05, 4.69) is 15.5 Å². The Labute approximate surface area is 213 Å². The second kappa shape index (κ2) is 11.0. The molecule has 1 heterocycles. The summed E-state index contributed by atoms with van der Waals surface area (Å²) in [6, 6.07) is 10.1. The number of thioether (sulfide) groups is 1. The van der Waals surface area contributed by atoms with Gasteiger partial charge in [0, 0.05) is 25.5 Å². The predicted molar refractivity (Wildman–Crippen MR) is 135 cm³/mol. The highest BCUT2D eigenvalue weighted by Gasteiger charge is 2.23. The summed E-state index contributed by atoms with van der Waals surface area (Å²) in [4.78, 5) is 14.5. The molecule has 1 amide bonds. The Morgan fingerprint density at radius 1 is 1.14 bits per heavy atom. The number of sulfonamides is 1. The van der Waals surface area contributed by atoms with Crippen molar-refractivity contribution in [1.29, 1.82) is 0 Å². The van der Waals surface area contributed by atoms with Crippen LogP contribution >= 0.6 is 23.4 Å². The van der Waals surface area contributed by atoms with Gasteiger partial charge in [0.05, 0.1) is 16.8 Å². The lowest BCUT2D eigenvalue weighted by Gasteiger charge is -2.20.